The summed E-state index contributed by atoms with van der Waals surface area (Å²) in [5.74, 6) is -1.94. The largest absolute Gasteiger partial charge is 0.469 e. The molecule has 3 rings (SSSR count). The van der Waals surface area contributed by atoms with Crippen LogP contribution in [0.4, 0.5) is 10.5 Å². The maximum atomic E-state index is 13.7. The molecule has 3 N–H and O–H groups in total. The van der Waals surface area contributed by atoms with Crippen molar-refractivity contribution < 1.29 is 62.0 Å². The van der Waals surface area contributed by atoms with Crippen LogP contribution in [-0.2, 0) is 32.8 Å². The zero-order chi connectivity index (χ0) is 34.4. The number of aliphatic hydroxyl groups is 1. The number of amides is 1. The lowest BCUT2D eigenvalue weighted by molar-refractivity contribution is -0.152. The van der Waals surface area contributed by atoms with Gasteiger partial charge in [0.05, 0.1) is 24.9 Å². The maximum absolute atomic E-state index is 13.7. The minimum atomic E-state index is -4.84. The molecule has 0 unspecified atom stereocenters. The van der Waals surface area contributed by atoms with Gasteiger partial charge >= 0.3 is 19.9 Å². The number of rotatable bonds is 8. The van der Waals surface area contributed by atoms with E-state index >= 15 is 0 Å². The molecule has 1 saturated heterocycles. The number of cyclic esters (lactones) is 1. The van der Waals surface area contributed by atoms with Gasteiger partial charge in [-0.1, -0.05) is 31.2 Å². The molecule has 0 bridgehead atoms. The maximum Gasteiger partial charge on any atom is 0.469 e. The van der Waals surface area contributed by atoms with Gasteiger partial charge in [0.1, 0.15) is 35.2 Å². The van der Waals surface area contributed by atoms with Gasteiger partial charge < -0.3 is 43.3 Å². The summed E-state index contributed by atoms with van der Waals surface area (Å²) in [5.41, 5.74) is -0.397. The summed E-state index contributed by atoms with van der Waals surface area (Å²) in [6.45, 7) is 11.0. The Bertz CT molecular complexity index is 1330. The minimum Gasteiger partial charge on any atom is -0.467 e. The van der Waals surface area contributed by atoms with Gasteiger partial charge in [0, 0.05) is 19.1 Å². The number of anilines is 1. The fraction of sp³-hybridized carbons (Fsp3) is 0.613. The van der Waals surface area contributed by atoms with E-state index in [1.165, 1.54) is 19.2 Å². The SMILES string of the molecule is COCOc1cc(N(CCOP(=O)(O)O)C(=O)OC(C)(C)C)cc2c1C(=O)O[C@@H](C)[C@H](C)/C=C\[C@@H](O)[C@H]1OC(C)(C)O[C@H]1CC=C2. The van der Waals surface area contributed by atoms with Crippen LogP contribution in [0.1, 0.15) is 70.8 Å². The van der Waals surface area contributed by atoms with Crippen molar-refractivity contribution in [3.63, 3.8) is 0 Å². The standard InChI is InChI=1S/C31H46NO13P/c1-19-12-13-23(33)27-24(43-31(6,7)44-27)11-9-10-21-16-22(17-25(40-18-39-8)26(21)28(34)42-20(19)2)32(14-15-41-46(36,37)38)29(35)45-30(3,4)5/h9-10,12-13,16-17,19-20,23-24,27,33H,11,14-15,18H2,1-8H3,(H2,36,37,38)/b10-9?,13-12-/t19-,20+,23-,24+,27-/m1/s1. The second-order valence-corrected chi connectivity index (χ2v) is 13.8. The van der Waals surface area contributed by atoms with Crippen molar-refractivity contribution in [2.45, 2.75) is 90.7 Å². The van der Waals surface area contributed by atoms with Gasteiger partial charge in [-0.15, -0.1) is 0 Å². The topological polar surface area (TPSA) is 180 Å². The Morgan fingerprint density at radius 3 is 2.48 bits per heavy atom. The molecule has 258 valence electrons. The number of esters is 1. The van der Waals surface area contributed by atoms with Gasteiger partial charge in [-0.25, -0.2) is 14.2 Å². The highest BCUT2D eigenvalue weighted by Gasteiger charge is 2.43. The number of carbonyl (C=O) groups excluding carboxylic acids is 2. The number of phosphoric acid groups is 1. The molecule has 2 aliphatic rings. The van der Waals surface area contributed by atoms with E-state index in [1.807, 2.05) is 6.92 Å². The molecule has 1 fully saturated rings. The molecule has 1 aromatic carbocycles. The first-order valence-corrected chi connectivity index (χ1v) is 16.4. The van der Waals surface area contributed by atoms with Crippen molar-refractivity contribution in [2.75, 3.05) is 32.0 Å². The zero-order valence-corrected chi connectivity index (χ0v) is 28.4. The monoisotopic (exact) mass is 671 g/mol. The molecule has 2 heterocycles. The second-order valence-electron chi connectivity index (χ2n) is 12.5. The normalized spacial score (nSPS) is 25.9. The summed E-state index contributed by atoms with van der Waals surface area (Å²) in [6, 6.07) is 2.94. The first kappa shape index (κ1) is 37.6. The highest BCUT2D eigenvalue weighted by Crippen LogP contribution is 2.37. The Morgan fingerprint density at radius 2 is 1.85 bits per heavy atom. The van der Waals surface area contributed by atoms with E-state index in [2.05, 4.69) is 4.52 Å². The van der Waals surface area contributed by atoms with Crippen LogP contribution in [0.25, 0.3) is 6.08 Å². The van der Waals surface area contributed by atoms with Crippen LogP contribution in [0, 0.1) is 5.92 Å². The number of nitrogens with zero attached hydrogens (tertiary/aromatic N) is 1. The Hall–Kier alpha value is -2.81. The molecule has 5 atom stereocenters. The number of phosphoric ester groups is 1. The van der Waals surface area contributed by atoms with E-state index < -0.39 is 62.3 Å². The fourth-order valence-electron chi connectivity index (χ4n) is 4.81. The molecule has 0 radical (unpaired) electrons. The smallest absolute Gasteiger partial charge is 0.467 e. The number of hydrogen-bond acceptors (Lipinski definition) is 11. The predicted molar refractivity (Wildman–Crippen MR) is 167 cm³/mol. The molecule has 0 aliphatic carbocycles. The van der Waals surface area contributed by atoms with Crippen molar-refractivity contribution in [3.05, 3.63) is 41.5 Å². The summed E-state index contributed by atoms with van der Waals surface area (Å²) in [7, 11) is -3.44. The molecule has 0 saturated carbocycles. The van der Waals surface area contributed by atoms with Gasteiger partial charge in [-0.2, -0.15) is 0 Å². The average Bonchev–Trinajstić information content (AvgIpc) is 3.24. The van der Waals surface area contributed by atoms with Crippen molar-refractivity contribution in [1.29, 1.82) is 0 Å². The first-order valence-electron chi connectivity index (χ1n) is 14.9. The lowest BCUT2D eigenvalue weighted by Gasteiger charge is -2.28. The Balaban J connectivity index is 2.18. The second kappa shape index (κ2) is 15.4. The van der Waals surface area contributed by atoms with Crippen molar-refractivity contribution >= 4 is 31.6 Å². The molecule has 2 aliphatic heterocycles. The van der Waals surface area contributed by atoms with E-state index in [1.54, 1.807) is 65.8 Å². The molecule has 1 aromatic rings. The molecule has 46 heavy (non-hydrogen) atoms. The number of benzene rings is 1. The number of ether oxygens (including phenoxy) is 6. The third-order valence-electron chi connectivity index (χ3n) is 7.02. The minimum absolute atomic E-state index is 0.0193. The van der Waals surface area contributed by atoms with Gasteiger partial charge in [-0.3, -0.25) is 9.42 Å². The van der Waals surface area contributed by atoms with Crippen LogP contribution in [0.2, 0.25) is 0 Å². The molecular weight excluding hydrogens is 625 g/mol. The quantitative estimate of drug-likeness (QED) is 0.152. The van der Waals surface area contributed by atoms with Gasteiger partial charge in [-0.05, 0) is 59.6 Å². The zero-order valence-electron chi connectivity index (χ0n) is 27.5. The Kier molecular flexibility index (Phi) is 12.6. The summed E-state index contributed by atoms with van der Waals surface area (Å²) in [4.78, 5) is 46.6. The van der Waals surface area contributed by atoms with Gasteiger partial charge in [0.15, 0.2) is 12.6 Å². The Morgan fingerprint density at radius 1 is 1.15 bits per heavy atom. The number of aliphatic hydroxyl groups excluding tert-OH is 1. The highest BCUT2D eigenvalue weighted by molar-refractivity contribution is 7.46. The van der Waals surface area contributed by atoms with E-state index in [-0.39, 0.29) is 42.7 Å². The van der Waals surface area contributed by atoms with Crippen LogP contribution in [0.5, 0.6) is 5.75 Å². The lowest BCUT2D eigenvalue weighted by Crippen LogP contribution is -2.39. The summed E-state index contributed by atoms with van der Waals surface area (Å²) >= 11 is 0. The fourth-order valence-corrected chi connectivity index (χ4v) is 5.13. The lowest BCUT2D eigenvalue weighted by atomic mass is 9.98. The molecule has 15 heteroatoms. The number of hydrogen-bond donors (Lipinski definition) is 3. The van der Waals surface area contributed by atoms with Crippen LogP contribution < -0.4 is 9.64 Å². The van der Waals surface area contributed by atoms with E-state index in [0.717, 1.165) is 4.90 Å². The van der Waals surface area contributed by atoms with Crippen LogP contribution in [-0.4, -0.2) is 89.8 Å². The van der Waals surface area contributed by atoms with Crippen LogP contribution >= 0.6 is 7.82 Å². The first-order chi connectivity index (χ1) is 21.3. The predicted octanol–water partition coefficient (Wildman–Crippen LogP) is 4.56. The number of methoxy groups -OCH3 is 1. The summed E-state index contributed by atoms with van der Waals surface area (Å²) in [5, 5.41) is 10.9. The molecule has 0 spiro atoms. The van der Waals surface area contributed by atoms with Gasteiger partial charge in [0.2, 0.25) is 0 Å². The van der Waals surface area contributed by atoms with Crippen molar-refractivity contribution in [3.8, 4) is 5.75 Å². The Labute approximate surface area is 269 Å². The van der Waals surface area contributed by atoms with Crippen molar-refractivity contribution in [1.82, 2.24) is 0 Å². The number of carbonyl (C=O) groups is 2. The molecule has 0 aromatic heterocycles. The van der Waals surface area contributed by atoms with Gasteiger partial charge in [0.25, 0.3) is 0 Å². The van der Waals surface area contributed by atoms with E-state index in [0.29, 0.717) is 5.56 Å². The average molecular weight is 672 g/mol. The third-order valence-corrected chi connectivity index (χ3v) is 7.54. The summed E-state index contributed by atoms with van der Waals surface area (Å²) < 4.78 is 50.4. The van der Waals surface area contributed by atoms with E-state index in [9.17, 15) is 29.0 Å². The third kappa shape index (κ3) is 10.9. The molecular formula is C31H46NO13P. The van der Waals surface area contributed by atoms with Crippen LogP contribution in [0.3, 0.4) is 0 Å². The number of fused-ring (bicyclic) bond motifs is 2. The molecule has 1 amide bonds. The van der Waals surface area contributed by atoms with Crippen molar-refractivity contribution in [2.24, 2.45) is 5.92 Å². The molecule has 14 nitrogen and oxygen atoms in total. The highest BCUT2D eigenvalue weighted by atomic mass is 31.2. The van der Waals surface area contributed by atoms with E-state index in [4.69, 9.17) is 28.4 Å². The van der Waals surface area contributed by atoms with Crippen LogP contribution in [0.15, 0.2) is 30.4 Å². The summed E-state index contributed by atoms with van der Waals surface area (Å²) in [6.07, 6.45) is 3.36.